The van der Waals surface area contributed by atoms with Crippen LogP contribution in [0.4, 0.5) is 0 Å². The molecule has 1 unspecified atom stereocenters. The molecule has 5 heteroatoms. The molecule has 80 valence electrons. The van der Waals surface area contributed by atoms with E-state index in [0.29, 0.717) is 11.7 Å². The van der Waals surface area contributed by atoms with Gasteiger partial charge in [0.15, 0.2) is 5.76 Å². The molecule has 0 N–H and O–H groups in total. The van der Waals surface area contributed by atoms with Crippen molar-refractivity contribution in [2.24, 2.45) is 0 Å². The Bertz CT molecular complexity index is 450. The van der Waals surface area contributed by atoms with Gasteiger partial charge in [-0.25, -0.2) is 4.98 Å². The first-order valence-electron chi connectivity index (χ1n) is 4.44. The van der Waals surface area contributed by atoms with E-state index in [-0.39, 0.29) is 5.38 Å². The summed E-state index contributed by atoms with van der Waals surface area (Å²) in [6, 6.07) is 1.90. The standard InChI is InChI=1S/C10H10ClNO2S/c1-6(11)10-12-5-8(14-10)9-7(13-2)3-4-15-9/h3-6H,1-2H3. The van der Waals surface area contributed by atoms with Gasteiger partial charge in [0.25, 0.3) is 0 Å². The Hall–Kier alpha value is -1.00. The molecule has 0 radical (unpaired) electrons. The molecular formula is C10H10ClNO2S. The highest BCUT2D eigenvalue weighted by Gasteiger charge is 2.14. The molecule has 2 rings (SSSR count). The molecule has 0 aliphatic heterocycles. The van der Waals surface area contributed by atoms with Gasteiger partial charge in [0.05, 0.1) is 13.3 Å². The Morgan fingerprint density at radius 1 is 1.60 bits per heavy atom. The summed E-state index contributed by atoms with van der Waals surface area (Å²) in [5, 5.41) is 1.73. The summed E-state index contributed by atoms with van der Waals surface area (Å²) in [7, 11) is 1.63. The van der Waals surface area contributed by atoms with Crippen molar-refractivity contribution in [3.8, 4) is 16.4 Å². The van der Waals surface area contributed by atoms with Crippen LogP contribution in [-0.4, -0.2) is 12.1 Å². The van der Waals surface area contributed by atoms with Crippen LogP contribution >= 0.6 is 22.9 Å². The van der Waals surface area contributed by atoms with Crippen molar-refractivity contribution in [3.05, 3.63) is 23.5 Å². The summed E-state index contributed by atoms with van der Waals surface area (Å²) < 4.78 is 10.7. The topological polar surface area (TPSA) is 35.3 Å². The number of ether oxygens (including phenoxy) is 1. The van der Waals surface area contributed by atoms with Gasteiger partial charge in [-0.2, -0.15) is 0 Å². The van der Waals surface area contributed by atoms with E-state index in [9.17, 15) is 0 Å². The van der Waals surface area contributed by atoms with Crippen molar-refractivity contribution >= 4 is 22.9 Å². The van der Waals surface area contributed by atoms with Gasteiger partial charge < -0.3 is 9.15 Å². The van der Waals surface area contributed by atoms with Crippen molar-refractivity contribution < 1.29 is 9.15 Å². The fourth-order valence-corrected chi connectivity index (χ4v) is 2.12. The fraction of sp³-hybridized carbons (Fsp3) is 0.300. The van der Waals surface area contributed by atoms with Gasteiger partial charge in [-0.3, -0.25) is 0 Å². The van der Waals surface area contributed by atoms with E-state index in [1.165, 1.54) is 0 Å². The van der Waals surface area contributed by atoms with E-state index in [1.807, 2.05) is 18.4 Å². The third kappa shape index (κ3) is 2.01. The number of alkyl halides is 1. The van der Waals surface area contributed by atoms with Gasteiger partial charge in [0, 0.05) is 0 Å². The molecular weight excluding hydrogens is 234 g/mol. The largest absolute Gasteiger partial charge is 0.495 e. The highest BCUT2D eigenvalue weighted by atomic mass is 35.5. The van der Waals surface area contributed by atoms with Crippen molar-refractivity contribution in [2.75, 3.05) is 7.11 Å². The molecule has 1 atom stereocenters. The van der Waals surface area contributed by atoms with E-state index in [2.05, 4.69) is 4.98 Å². The molecule has 2 heterocycles. The average Bonchev–Trinajstić information content (AvgIpc) is 2.85. The number of oxazole rings is 1. The minimum Gasteiger partial charge on any atom is -0.495 e. The van der Waals surface area contributed by atoms with Crippen LogP contribution in [0.5, 0.6) is 5.75 Å². The Balaban J connectivity index is 2.37. The maximum absolute atomic E-state index is 5.87. The Labute approximate surface area is 96.7 Å². The highest BCUT2D eigenvalue weighted by Crippen LogP contribution is 2.36. The number of hydrogen-bond donors (Lipinski definition) is 0. The van der Waals surface area contributed by atoms with E-state index in [0.717, 1.165) is 10.6 Å². The van der Waals surface area contributed by atoms with Crippen LogP contribution in [0.15, 0.2) is 22.1 Å². The van der Waals surface area contributed by atoms with Crippen LogP contribution in [0, 0.1) is 0 Å². The molecule has 15 heavy (non-hydrogen) atoms. The van der Waals surface area contributed by atoms with Gasteiger partial charge in [0.2, 0.25) is 5.89 Å². The summed E-state index contributed by atoms with van der Waals surface area (Å²) in [4.78, 5) is 5.04. The molecule has 0 bridgehead atoms. The van der Waals surface area contributed by atoms with Gasteiger partial charge in [-0.15, -0.1) is 22.9 Å². The SMILES string of the molecule is COc1ccsc1-c1cnc(C(C)Cl)o1. The second-order valence-corrected chi connectivity index (χ2v) is 4.57. The zero-order valence-electron chi connectivity index (χ0n) is 8.36. The molecule has 0 saturated heterocycles. The van der Waals surface area contributed by atoms with Crippen LogP contribution in [0.3, 0.4) is 0 Å². The fourth-order valence-electron chi connectivity index (χ4n) is 1.21. The Morgan fingerprint density at radius 2 is 2.40 bits per heavy atom. The number of aromatic nitrogens is 1. The molecule has 0 fully saturated rings. The summed E-state index contributed by atoms with van der Waals surface area (Å²) in [6.45, 7) is 1.82. The van der Waals surface area contributed by atoms with Crippen molar-refractivity contribution in [3.63, 3.8) is 0 Å². The third-order valence-corrected chi connectivity index (χ3v) is 3.03. The summed E-state index contributed by atoms with van der Waals surface area (Å²) in [5.74, 6) is 2.02. The predicted molar refractivity (Wildman–Crippen MR) is 60.6 cm³/mol. The summed E-state index contributed by atoms with van der Waals surface area (Å²) >= 11 is 7.42. The zero-order valence-corrected chi connectivity index (χ0v) is 9.93. The van der Waals surface area contributed by atoms with Gasteiger partial charge in [-0.1, -0.05) is 0 Å². The lowest BCUT2D eigenvalue weighted by Gasteiger charge is -1.98. The maximum atomic E-state index is 5.87. The van der Waals surface area contributed by atoms with E-state index < -0.39 is 0 Å². The number of methoxy groups -OCH3 is 1. The van der Waals surface area contributed by atoms with Gasteiger partial charge >= 0.3 is 0 Å². The van der Waals surface area contributed by atoms with Crippen molar-refractivity contribution in [1.29, 1.82) is 0 Å². The molecule has 0 spiro atoms. The molecule has 3 nitrogen and oxygen atoms in total. The number of hydrogen-bond acceptors (Lipinski definition) is 4. The lowest BCUT2D eigenvalue weighted by Crippen LogP contribution is -1.81. The lowest BCUT2D eigenvalue weighted by atomic mass is 10.4. The first-order chi connectivity index (χ1) is 7.22. The molecule has 0 aromatic carbocycles. The average molecular weight is 244 g/mol. The second kappa shape index (κ2) is 4.24. The summed E-state index contributed by atoms with van der Waals surface area (Å²) in [5.41, 5.74) is 0. The maximum Gasteiger partial charge on any atom is 0.212 e. The number of rotatable bonds is 3. The highest BCUT2D eigenvalue weighted by molar-refractivity contribution is 7.13. The second-order valence-electron chi connectivity index (χ2n) is 3.00. The molecule has 0 saturated carbocycles. The number of halogens is 1. The zero-order chi connectivity index (χ0) is 10.8. The Morgan fingerprint density at radius 3 is 3.00 bits per heavy atom. The van der Waals surface area contributed by atoms with Crippen LogP contribution in [0.2, 0.25) is 0 Å². The van der Waals surface area contributed by atoms with E-state index >= 15 is 0 Å². The van der Waals surface area contributed by atoms with Crippen LogP contribution < -0.4 is 4.74 Å². The quantitative estimate of drug-likeness (QED) is 0.771. The van der Waals surface area contributed by atoms with Gasteiger partial charge in [0.1, 0.15) is 16.0 Å². The molecule has 0 amide bonds. The van der Waals surface area contributed by atoms with Crippen LogP contribution in [0.25, 0.3) is 10.6 Å². The molecule has 0 aliphatic carbocycles. The molecule has 2 aromatic heterocycles. The first-order valence-corrected chi connectivity index (χ1v) is 5.75. The van der Waals surface area contributed by atoms with Gasteiger partial charge in [-0.05, 0) is 18.4 Å². The normalized spacial score (nSPS) is 12.7. The lowest BCUT2D eigenvalue weighted by molar-refractivity contribution is 0.416. The molecule has 2 aromatic rings. The van der Waals surface area contributed by atoms with E-state index in [1.54, 1.807) is 24.6 Å². The van der Waals surface area contributed by atoms with E-state index in [4.69, 9.17) is 20.8 Å². The third-order valence-electron chi connectivity index (χ3n) is 1.94. The van der Waals surface area contributed by atoms with Crippen molar-refractivity contribution in [1.82, 2.24) is 4.98 Å². The minimum atomic E-state index is -0.218. The Kier molecular flexibility index (Phi) is 2.98. The monoisotopic (exact) mass is 243 g/mol. The number of nitrogens with zero attached hydrogens (tertiary/aromatic N) is 1. The smallest absolute Gasteiger partial charge is 0.212 e. The van der Waals surface area contributed by atoms with Crippen LogP contribution in [0.1, 0.15) is 18.2 Å². The van der Waals surface area contributed by atoms with Crippen molar-refractivity contribution in [2.45, 2.75) is 12.3 Å². The summed E-state index contributed by atoms with van der Waals surface area (Å²) in [6.07, 6.45) is 1.67. The minimum absolute atomic E-state index is 0.218. The first kappa shape index (κ1) is 10.5. The molecule has 0 aliphatic rings. The predicted octanol–water partition coefficient (Wildman–Crippen LogP) is 3.71. The number of thiophene rings is 1. The van der Waals surface area contributed by atoms with Crippen LogP contribution in [-0.2, 0) is 0 Å².